The van der Waals surface area contributed by atoms with Gasteiger partial charge in [0.05, 0.1) is 6.61 Å². The maximum absolute atomic E-state index is 14.5. The lowest BCUT2D eigenvalue weighted by atomic mass is 9.66. The molecule has 2 aromatic rings. The van der Waals surface area contributed by atoms with E-state index in [1.54, 1.807) is 6.07 Å². The predicted molar refractivity (Wildman–Crippen MR) is 143 cm³/mol. The van der Waals surface area contributed by atoms with Gasteiger partial charge in [-0.1, -0.05) is 74.6 Å². The lowest BCUT2D eigenvalue weighted by Gasteiger charge is -2.38. The Morgan fingerprint density at radius 2 is 1.64 bits per heavy atom. The molecule has 1 aliphatic carbocycles. The summed E-state index contributed by atoms with van der Waals surface area (Å²) in [5.41, 5.74) is 0.835. The Balaban J connectivity index is 1.60. The third kappa shape index (κ3) is 9.10. The summed E-state index contributed by atoms with van der Waals surface area (Å²) in [4.78, 5) is 8.64. The molecule has 1 saturated carbocycles. The van der Waals surface area contributed by atoms with Crippen LogP contribution >= 0.6 is 8.25 Å². The molecule has 1 atom stereocenters. The molecule has 2 N–H and O–H groups in total. The summed E-state index contributed by atoms with van der Waals surface area (Å²) in [5, 5.41) is 2.94. The maximum Gasteiger partial charge on any atom is 0.458 e. The summed E-state index contributed by atoms with van der Waals surface area (Å²) in [6, 6.07) is 14.4. The summed E-state index contributed by atoms with van der Waals surface area (Å²) in [7, 11) is -3.01. The number of benzene rings is 2. The zero-order valence-electron chi connectivity index (χ0n) is 22.2. The monoisotopic (exact) mass is 575 g/mol. The van der Waals surface area contributed by atoms with Crippen LogP contribution in [0.5, 0.6) is 0 Å². The SMILES string of the molecule is O=[PH](O)OCCCNCc1ccc(CCCCCC2(c3ccccc3)CCCCC2)c(C(F)(F)C(F)(F)F)c1. The summed E-state index contributed by atoms with van der Waals surface area (Å²) in [5.74, 6) is -4.95. The van der Waals surface area contributed by atoms with Gasteiger partial charge in [-0.2, -0.15) is 22.0 Å². The standard InChI is InChI=1S/C29H39F5NO3P/c30-28(31,29(32,33)34)26-21-23(22-35-19-10-20-38-39(36)37)14-15-24(26)11-4-2-7-16-27(17-8-3-9-18-27)25-12-5-1-6-13-25/h1,5-6,12-15,21,35,39H,2-4,7-11,16-20,22H2,(H,36,37). The lowest BCUT2D eigenvalue weighted by Crippen LogP contribution is -2.35. The number of rotatable bonds is 15. The average Bonchev–Trinajstić information content (AvgIpc) is 2.91. The Labute approximate surface area is 228 Å². The Hall–Kier alpha value is -1.80. The minimum Gasteiger partial charge on any atom is -0.326 e. The fraction of sp³-hybridized carbons (Fsp3) is 0.586. The van der Waals surface area contributed by atoms with Crippen LogP contribution in [-0.2, 0) is 33.4 Å². The zero-order chi connectivity index (χ0) is 28.4. The number of unbranched alkanes of at least 4 members (excludes halogenated alkanes) is 2. The van der Waals surface area contributed by atoms with Crippen LogP contribution in [-0.4, -0.2) is 24.2 Å². The highest BCUT2D eigenvalue weighted by atomic mass is 31.1. The van der Waals surface area contributed by atoms with E-state index in [4.69, 9.17) is 4.89 Å². The van der Waals surface area contributed by atoms with Crippen molar-refractivity contribution < 1.29 is 35.9 Å². The molecule has 0 aromatic heterocycles. The second-order valence-electron chi connectivity index (χ2n) is 10.5. The first kappa shape index (κ1) is 31.7. The van der Waals surface area contributed by atoms with Crippen LogP contribution in [0.3, 0.4) is 0 Å². The highest BCUT2D eigenvalue weighted by Crippen LogP contribution is 2.46. The molecule has 4 nitrogen and oxygen atoms in total. The highest BCUT2D eigenvalue weighted by Gasteiger charge is 2.59. The molecule has 0 saturated heterocycles. The van der Waals surface area contributed by atoms with Crippen LogP contribution in [0.15, 0.2) is 48.5 Å². The number of halogens is 5. The van der Waals surface area contributed by atoms with E-state index in [2.05, 4.69) is 34.1 Å². The molecule has 0 heterocycles. The first-order chi connectivity index (χ1) is 18.6. The highest BCUT2D eigenvalue weighted by molar-refractivity contribution is 7.32. The van der Waals surface area contributed by atoms with E-state index in [1.807, 2.05) is 6.07 Å². The van der Waals surface area contributed by atoms with Gasteiger partial charge in [-0.05, 0) is 73.2 Å². The Morgan fingerprint density at radius 3 is 2.31 bits per heavy atom. The van der Waals surface area contributed by atoms with E-state index in [9.17, 15) is 26.5 Å². The van der Waals surface area contributed by atoms with Gasteiger partial charge in [0.1, 0.15) is 0 Å². The fourth-order valence-electron chi connectivity index (χ4n) is 5.64. The van der Waals surface area contributed by atoms with E-state index in [1.165, 1.54) is 30.9 Å². The number of hydrogen-bond acceptors (Lipinski definition) is 3. The second kappa shape index (κ2) is 14.7. The van der Waals surface area contributed by atoms with Gasteiger partial charge in [0.2, 0.25) is 0 Å². The van der Waals surface area contributed by atoms with Gasteiger partial charge in [0.25, 0.3) is 0 Å². The van der Waals surface area contributed by atoms with Crippen LogP contribution in [0.1, 0.15) is 86.5 Å². The van der Waals surface area contributed by atoms with Crippen molar-refractivity contribution in [3.05, 3.63) is 70.8 Å². The summed E-state index contributed by atoms with van der Waals surface area (Å²) in [6.07, 6.45) is 3.92. The molecule has 1 unspecified atom stereocenters. The molecule has 0 amide bonds. The lowest BCUT2D eigenvalue weighted by molar-refractivity contribution is -0.289. The van der Waals surface area contributed by atoms with Crippen LogP contribution < -0.4 is 5.32 Å². The number of hydrogen-bond donors (Lipinski definition) is 2. The minimum atomic E-state index is -5.68. The van der Waals surface area contributed by atoms with E-state index in [-0.39, 0.29) is 30.6 Å². The Morgan fingerprint density at radius 1 is 0.923 bits per heavy atom. The smallest absolute Gasteiger partial charge is 0.326 e. The first-order valence-corrected chi connectivity index (χ1v) is 15.0. The molecule has 2 aromatic carbocycles. The van der Waals surface area contributed by atoms with Crippen molar-refractivity contribution in [3.8, 4) is 0 Å². The largest absolute Gasteiger partial charge is 0.458 e. The fourth-order valence-corrected chi connectivity index (χ4v) is 5.96. The molecule has 39 heavy (non-hydrogen) atoms. The molecule has 218 valence electrons. The van der Waals surface area contributed by atoms with Gasteiger partial charge in [-0.15, -0.1) is 0 Å². The Bertz CT molecular complexity index is 1040. The van der Waals surface area contributed by atoms with Crippen molar-refractivity contribution in [3.63, 3.8) is 0 Å². The van der Waals surface area contributed by atoms with Gasteiger partial charge in [0.15, 0.2) is 0 Å². The normalized spacial score (nSPS) is 16.8. The van der Waals surface area contributed by atoms with Gasteiger partial charge < -0.3 is 14.7 Å². The Kier molecular flexibility index (Phi) is 12.0. The van der Waals surface area contributed by atoms with E-state index >= 15 is 0 Å². The number of aryl methyl sites for hydroxylation is 1. The predicted octanol–water partition coefficient (Wildman–Crippen LogP) is 8.22. The molecule has 3 rings (SSSR count). The molecule has 0 spiro atoms. The molecule has 0 bridgehead atoms. The molecule has 1 fully saturated rings. The average molecular weight is 576 g/mol. The number of alkyl halides is 5. The first-order valence-electron chi connectivity index (χ1n) is 13.7. The van der Waals surface area contributed by atoms with Crippen LogP contribution in [0.2, 0.25) is 0 Å². The van der Waals surface area contributed by atoms with E-state index < -0.39 is 25.9 Å². The van der Waals surface area contributed by atoms with Crippen molar-refractivity contribution in [1.29, 1.82) is 0 Å². The van der Waals surface area contributed by atoms with Crippen LogP contribution in [0.4, 0.5) is 22.0 Å². The zero-order valence-corrected chi connectivity index (χ0v) is 23.2. The van der Waals surface area contributed by atoms with Gasteiger partial charge in [-0.25, -0.2) is 0 Å². The van der Waals surface area contributed by atoms with Gasteiger partial charge >= 0.3 is 20.4 Å². The molecule has 0 aliphatic heterocycles. The van der Waals surface area contributed by atoms with E-state index in [0.717, 1.165) is 38.2 Å². The van der Waals surface area contributed by atoms with Crippen molar-refractivity contribution in [2.75, 3.05) is 13.2 Å². The van der Waals surface area contributed by atoms with Crippen LogP contribution in [0, 0.1) is 0 Å². The van der Waals surface area contributed by atoms with Crippen molar-refractivity contribution in [2.45, 2.75) is 94.7 Å². The number of nitrogens with one attached hydrogen (secondary N) is 1. The third-order valence-electron chi connectivity index (χ3n) is 7.72. The molecule has 1 aliphatic rings. The summed E-state index contributed by atoms with van der Waals surface area (Å²) >= 11 is 0. The van der Waals surface area contributed by atoms with Crippen molar-refractivity contribution >= 4 is 8.25 Å². The quantitative estimate of drug-likeness (QED) is 0.128. The van der Waals surface area contributed by atoms with Gasteiger partial charge in [-0.3, -0.25) is 4.57 Å². The van der Waals surface area contributed by atoms with Crippen molar-refractivity contribution in [2.24, 2.45) is 0 Å². The molecular formula is C29H39F5NO3P. The third-order valence-corrected chi connectivity index (χ3v) is 8.17. The maximum atomic E-state index is 14.5. The van der Waals surface area contributed by atoms with Gasteiger partial charge in [0, 0.05) is 12.1 Å². The summed E-state index contributed by atoms with van der Waals surface area (Å²) < 4.78 is 84.1. The second-order valence-corrected chi connectivity index (χ2v) is 11.3. The molecular weight excluding hydrogens is 536 g/mol. The van der Waals surface area contributed by atoms with E-state index in [0.29, 0.717) is 24.9 Å². The molecule has 0 radical (unpaired) electrons. The minimum absolute atomic E-state index is 0.0259. The van der Waals surface area contributed by atoms with Crippen LogP contribution in [0.25, 0.3) is 0 Å². The van der Waals surface area contributed by atoms with Crippen molar-refractivity contribution in [1.82, 2.24) is 5.32 Å². The summed E-state index contributed by atoms with van der Waals surface area (Å²) in [6.45, 7) is 0.494. The molecule has 10 heteroatoms. The topological polar surface area (TPSA) is 58.6 Å².